The normalized spacial score (nSPS) is 14.5. The number of pyridine rings is 1. The van der Waals surface area contributed by atoms with Crippen molar-refractivity contribution >= 4 is 22.5 Å². The van der Waals surface area contributed by atoms with Gasteiger partial charge in [0.05, 0.1) is 30.1 Å². The first kappa shape index (κ1) is 21.8. The number of ether oxygens (including phenoxy) is 1. The van der Waals surface area contributed by atoms with Crippen LogP contribution in [0.25, 0.3) is 33.4 Å². The van der Waals surface area contributed by atoms with Crippen LogP contribution >= 0.6 is 0 Å². The van der Waals surface area contributed by atoms with Crippen molar-refractivity contribution in [2.24, 2.45) is 5.73 Å². The molecule has 5 rings (SSSR count). The Morgan fingerprint density at radius 2 is 1.94 bits per heavy atom. The molecule has 0 bridgehead atoms. The number of H-pyrrole nitrogens is 1. The van der Waals surface area contributed by atoms with Crippen molar-refractivity contribution in [2.75, 3.05) is 45.2 Å². The molecule has 9 heteroatoms. The molecule has 0 atom stereocenters. The third-order valence-corrected chi connectivity index (χ3v) is 6.29. The number of rotatable bonds is 5. The fraction of sp³-hybridized carbons (Fsp3) is 0.240. The minimum atomic E-state index is -0.541. The summed E-state index contributed by atoms with van der Waals surface area (Å²) in [5.41, 5.74) is 9.58. The lowest BCUT2D eigenvalue weighted by molar-refractivity contribution is 0.100. The van der Waals surface area contributed by atoms with Gasteiger partial charge in [-0.05, 0) is 43.4 Å². The number of carbonyl (C=O) groups excluding carboxylic acids is 1. The second-order valence-electron chi connectivity index (χ2n) is 8.39. The molecule has 34 heavy (non-hydrogen) atoms. The second-order valence-corrected chi connectivity index (χ2v) is 8.39. The molecule has 1 aliphatic rings. The number of anilines is 1. The van der Waals surface area contributed by atoms with Gasteiger partial charge >= 0.3 is 0 Å². The summed E-state index contributed by atoms with van der Waals surface area (Å²) in [6.07, 6.45) is 1.60. The highest BCUT2D eigenvalue weighted by molar-refractivity contribution is 6.05. The van der Waals surface area contributed by atoms with E-state index in [2.05, 4.69) is 32.0 Å². The van der Waals surface area contributed by atoms with Gasteiger partial charge in [0.25, 0.3) is 0 Å². The van der Waals surface area contributed by atoms with Crippen molar-refractivity contribution in [3.8, 4) is 28.3 Å². The maximum Gasteiger partial charge on any atom is 0.249 e. The van der Waals surface area contributed by atoms with Crippen LogP contribution in [-0.2, 0) is 0 Å². The zero-order valence-corrected chi connectivity index (χ0v) is 19.0. The molecule has 1 amide bonds. The maximum atomic E-state index is 14.7. The first-order valence-electron chi connectivity index (χ1n) is 11.0. The monoisotopic (exact) mass is 460 g/mol. The summed E-state index contributed by atoms with van der Waals surface area (Å²) in [7, 11) is 3.59. The van der Waals surface area contributed by atoms with E-state index in [-0.39, 0.29) is 5.56 Å². The Kier molecular flexibility index (Phi) is 5.62. The molecular weight excluding hydrogens is 435 g/mol. The molecule has 0 saturated carbocycles. The SMILES string of the molecule is COc1cccc(F)c1-c1cc2c(-c3cc(N4CCN(C)CC4)ccc3C(N)=O)n[nH]c2cn1. The number of aromatic amines is 1. The van der Waals surface area contributed by atoms with E-state index in [1.165, 1.54) is 13.2 Å². The van der Waals surface area contributed by atoms with Crippen LogP contribution in [0.2, 0.25) is 0 Å². The van der Waals surface area contributed by atoms with Crippen molar-refractivity contribution in [1.29, 1.82) is 0 Å². The van der Waals surface area contributed by atoms with Crippen LogP contribution in [-0.4, -0.2) is 66.3 Å². The van der Waals surface area contributed by atoms with E-state index in [1.807, 2.05) is 12.1 Å². The predicted octanol–water partition coefficient (Wildman–Crippen LogP) is 3.29. The number of nitrogens with zero attached hydrogens (tertiary/aromatic N) is 4. The number of fused-ring (bicyclic) bond motifs is 1. The zero-order chi connectivity index (χ0) is 23.8. The highest BCUT2D eigenvalue weighted by atomic mass is 19.1. The first-order chi connectivity index (χ1) is 16.5. The van der Waals surface area contributed by atoms with Gasteiger partial charge in [-0.15, -0.1) is 0 Å². The molecule has 0 aliphatic carbocycles. The number of nitrogens with two attached hydrogens (primary N) is 1. The average Bonchev–Trinajstić information content (AvgIpc) is 3.27. The molecule has 0 radical (unpaired) electrons. The Hall–Kier alpha value is -3.98. The second kappa shape index (κ2) is 8.75. The molecule has 4 aromatic rings. The van der Waals surface area contributed by atoms with Gasteiger partial charge in [-0.25, -0.2) is 4.39 Å². The van der Waals surface area contributed by atoms with E-state index >= 15 is 0 Å². The van der Waals surface area contributed by atoms with Crippen LogP contribution < -0.4 is 15.4 Å². The predicted molar refractivity (Wildman–Crippen MR) is 129 cm³/mol. The third kappa shape index (κ3) is 3.84. The Morgan fingerprint density at radius 1 is 1.15 bits per heavy atom. The van der Waals surface area contributed by atoms with Crippen LogP contribution in [0.15, 0.2) is 48.7 Å². The molecule has 1 aliphatic heterocycles. The lowest BCUT2D eigenvalue weighted by atomic mass is 9.99. The van der Waals surface area contributed by atoms with Gasteiger partial charge in [-0.3, -0.25) is 14.9 Å². The largest absolute Gasteiger partial charge is 0.496 e. The third-order valence-electron chi connectivity index (χ3n) is 6.29. The lowest BCUT2D eigenvalue weighted by Gasteiger charge is -2.34. The van der Waals surface area contributed by atoms with Crippen LogP contribution in [0.5, 0.6) is 5.75 Å². The van der Waals surface area contributed by atoms with Gasteiger partial charge in [0, 0.05) is 48.4 Å². The number of likely N-dealkylation sites (N-methyl/N-ethyl adjacent to an activating group) is 1. The molecular formula is C25H25FN6O2. The van der Waals surface area contributed by atoms with Crippen molar-refractivity contribution in [1.82, 2.24) is 20.1 Å². The summed E-state index contributed by atoms with van der Waals surface area (Å²) in [6.45, 7) is 3.68. The van der Waals surface area contributed by atoms with Crippen LogP contribution in [0.3, 0.4) is 0 Å². The maximum absolute atomic E-state index is 14.7. The molecule has 1 saturated heterocycles. The number of hydrogen-bond donors (Lipinski definition) is 2. The quantitative estimate of drug-likeness (QED) is 0.474. The van der Waals surface area contributed by atoms with E-state index < -0.39 is 11.7 Å². The Labute approximate surface area is 196 Å². The first-order valence-corrected chi connectivity index (χ1v) is 11.0. The van der Waals surface area contributed by atoms with Crippen LogP contribution in [0.1, 0.15) is 10.4 Å². The van der Waals surface area contributed by atoms with Gasteiger partial charge in [0.1, 0.15) is 17.3 Å². The number of primary amides is 1. The molecule has 3 N–H and O–H groups in total. The molecule has 8 nitrogen and oxygen atoms in total. The van der Waals surface area contributed by atoms with Crippen molar-refractivity contribution in [3.63, 3.8) is 0 Å². The fourth-order valence-electron chi connectivity index (χ4n) is 4.39. The Morgan fingerprint density at radius 3 is 2.68 bits per heavy atom. The van der Waals surface area contributed by atoms with Crippen molar-refractivity contribution in [2.45, 2.75) is 0 Å². The number of benzene rings is 2. The van der Waals surface area contributed by atoms with Gasteiger partial charge in [0.15, 0.2) is 0 Å². The van der Waals surface area contributed by atoms with Crippen molar-refractivity contribution < 1.29 is 13.9 Å². The van der Waals surface area contributed by atoms with E-state index in [1.54, 1.807) is 30.5 Å². The smallest absolute Gasteiger partial charge is 0.249 e. The number of nitrogens with one attached hydrogen (secondary N) is 1. The summed E-state index contributed by atoms with van der Waals surface area (Å²) >= 11 is 0. The molecule has 3 heterocycles. The molecule has 0 unspecified atom stereocenters. The Bertz CT molecular complexity index is 1380. The summed E-state index contributed by atoms with van der Waals surface area (Å²) < 4.78 is 20.1. The number of amides is 1. The summed E-state index contributed by atoms with van der Waals surface area (Å²) in [5.74, 6) is -0.598. The number of halogens is 1. The number of aromatic nitrogens is 3. The summed E-state index contributed by atoms with van der Waals surface area (Å²) in [4.78, 5) is 21.3. The molecule has 2 aromatic carbocycles. The number of methoxy groups -OCH3 is 1. The van der Waals surface area contributed by atoms with E-state index in [4.69, 9.17) is 10.5 Å². The molecule has 1 fully saturated rings. The van der Waals surface area contributed by atoms with E-state index in [0.717, 1.165) is 31.9 Å². The molecule has 174 valence electrons. The number of carbonyl (C=O) groups is 1. The van der Waals surface area contributed by atoms with Crippen LogP contribution in [0.4, 0.5) is 10.1 Å². The average molecular weight is 461 g/mol. The highest BCUT2D eigenvalue weighted by Gasteiger charge is 2.21. The van der Waals surface area contributed by atoms with Crippen molar-refractivity contribution in [3.05, 3.63) is 60.0 Å². The van der Waals surface area contributed by atoms with Gasteiger partial charge < -0.3 is 20.3 Å². The minimum Gasteiger partial charge on any atom is -0.496 e. The van der Waals surface area contributed by atoms with E-state index in [0.29, 0.717) is 39.2 Å². The highest BCUT2D eigenvalue weighted by Crippen LogP contribution is 2.36. The zero-order valence-electron chi connectivity index (χ0n) is 19.0. The Balaban J connectivity index is 1.65. The van der Waals surface area contributed by atoms with Gasteiger partial charge in [-0.1, -0.05) is 6.07 Å². The number of hydrogen-bond acceptors (Lipinski definition) is 6. The lowest BCUT2D eigenvalue weighted by Crippen LogP contribution is -2.44. The van der Waals surface area contributed by atoms with Gasteiger partial charge in [-0.2, -0.15) is 5.10 Å². The summed E-state index contributed by atoms with van der Waals surface area (Å²) in [5, 5.41) is 8.15. The summed E-state index contributed by atoms with van der Waals surface area (Å²) in [6, 6.07) is 12.0. The number of piperazine rings is 1. The topological polar surface area (TPSA) is 100 Å². The van der Waals surface area contributed by atoms with Gasteiger partial charge in [0.2, 0.25) is 5.91 Å². The van der Waals surface area contributed by atoms with E-state index in [9.17, 15) is 9.18 Å². The van der Waals surface area contributed by atoms with Crippen LogP contribution in [0, 0.1) is 5.82 Å². The molecule has 2 aromatic heterocycles. The minimum absolute atomic E-state index is 0.264. The fourth-order valence-corrected chi connectivity index (χ4v) is 4.39. The standard InChI is InChI=1S/C25H25FN6O2/c1-31-8-10-32(11-9-31)15-6-7-16(25(27)33)17(12-15)24-18-13-20(28-14-21(18)29-30-24)23-19(26)4-3-5-22(23)34-2/h3-7,12-14H,8-11H2,1-2H3,(H2,27,33)(H,29,30). The molecule has 0 spiro atoms.